The zero-order valence-corrected chi connectivity index (χ0v) is 15.7. The Morgan fingerprint density at radius 1 is 1.12 bits per heavy atom. The smallest absolute Gasteiger partial charge is 0.282 e. The highest BCUT2D eigenvalue weighted by molar-refractivity contribution is 6.36. The predicted molar refractivity (Wildman–Crippen MR) is 107 cm³/mol. The van der Waals surface area contributed by atoms with Crippen LogP contribution in [-0.2, 0) is 0 Å². The van der Waals surface area contributed by atoms with Crippen molar-refractivity contribution in [1.82, 2.24) is 14.6 Å². The predicted octanol–water partition coefficient (Wildman–Crippen LogP) is 4.85. The Kier molecular flexibility index (Phi) is 4.23. The Bertz CT molecular complexity index is 1260. The number of nitrogens with one attached hydrogen (secondary N) is 1. The minimum Gasteiger partial charge on any atom is -0.339 e. The van der Waals surface area contributed by atoms with E-state index in [0.29, 0.717) is 48.4 Å². The first-order valence-electron chi connectivity index (χ1n) is 7.61. The average Bonchev–Trinajstić information content (AvgIpc) is 2.94. The lowest BCUT2D eigenvalue weighted by Crippen LogP contribution is -2.15. The maximum absolute atomic E-state index is 12.9. The molecular weight excluding hydrogens is 395 g/mol. The molecule has 4 aromatic rings. The van der Waals surface area contributed by atoms with Crippen LogP contribution in [0.4, 0.5) is 0 Å². The van der Waals surface area contributed by atoms with Crippen molar-refractivity contribution in [1.29, 1.82) is 0 Å². The summed E-state index contributed by atoms with van der Waals surface area (Å²) < 4.78 is 1.31. The number of hydrogen-bond donors (Lipinski definition) is 1. The topological polar surface area (TPSA) is 62.5 Å². The van der Waals surface area contributed by atoms with Crippen LogP contribution in [0.25, 0.3) is 27.8 Å². The normalized spacial score (nSPS) is 11.8. The summed E-state index contributed by atoms with van der Waals surface area (Å²) in [7, 11) is 1.65. The quantitative estimate of drug-likeness (QED) is 0.484. The molecule has 2 aromatic heterocycles. The van der Waals surface area contributed by atoms with Crippen molar-refractivity contribution in [3.8, 4) is 11.3 Å². The van der Waals surface area contributed by atoms with Gasteiger partial charge < -0.3 is 4.98 Å². The van der Waals surface area contributed by atoms with Gasteiger partial charge in [0.25, 0.3) is 5.56 Å². The molecule has 2 heterocycles. The number of halogens is 3. The summed E-state index contributed by atoms with van der Waals surface area (Å²) in [5, 5.41) is 6.46. The van der Waals surface area contributed by atoms with Crippen molar-refractivity contribution in [3.05, 3.63) is 67.4 Å². The van der Waals surface area contributed by atoms with Gasteiger partial charge in [0.2, 0.25) is 0 Å². The fourth-order valence-corrected chi connectivity index (χ4v) is 3.55. The second-order valence-electron chi connectivity index (χ2n) is 5.65. The van der Waals surface area contributed by atoms with E-state index in [1.165, 1.54) is 4.52 Å². The van der Waals surface area contributed by atoms with Crippen LogP contribution in [0.2, 0.25) is 15.1 Å². The Labute approximate surface area is 162 Å². The average molecular weight is 406 g/mol. The fourth-order valence-electron chi connectivity index (χ4n) is 2.88. The first-order valence-corrected chi connectivity index (χ1v) is 8.75. The molecule has 5 nitrogen and oxygen atoms in total. The molecule has 8 heteroatoms. The van der Waals surface area contributed by atoms with E-state index in [1.54, 1.807) is 49.7 Å². The highest BCUT2D eigenvalue weighted by Gasteiger charge is 2.19. The lowest BCUT2D eigenvalue weighted by atomic mass is 10.1. The largest absolute Gasteiger partial charge is 0.339 e. The van der Waals surface area contributed by atoms with E-state index in [9.17, 15) is 4.79 Å². The number of hydrogen-bond acceptors (Lipinski definition) is 3. The van der Waals surface area contributed by atoms with E-state index in [2.05, 4.69) is 15.1 Å². The van der Waals surface area contributed by atoms with Crippen LogP contribution >= 0.6 is 34.8 Å². The zero-order valence-electron chi connectivity index (χ0n) is 13.4. The molecule has 0 aliphatic heterocycles. The number of H-pyrrole nitrogens is 1. The Hall–Kier alpha value is -2.34. The SMILES string of the molecule is C/N=C\c1c(-c2ccc(Cl)cc2Cl)nn2c(=O)c3ccc(Cl)cc3[nH]c12. The molecule has 0 saturated carbocycles. The van der Waals surface area contributed by atoms with Gasteiger partial charge in [-0.05, 0) is 36.4 Å². The molecular formula is C18H11Cl3N4O. The number of aliphatic imine (C=N–C) groups is 1. The second-order valence-corrected chi connectivity index (χ2v) is 6.93. The van der Waals surface area contributed by atoms with Crippen LogP contribution in [0.15, 0.2) is 46.2 Å². The number of aromatic nitrogens is 3. The molecule has 4 rings (SSSR count). The summed E-state index contributed by atoms with van der Waals surface area (Å²) in [6.07, 6.45) is 1.63. The van der Waals surface area contributed by atoms with Gasteiger partial charge >= 0.3 is 0 Å². The van der Waals surface area contributed by atoms with Gasteiger partial charge in [-0.15, -0.1) is 0 Å². The van der Waals surface area contributed by atoms with Gasteiger partial charge in [-0.25, -0.2) is 0 Å². The van der Waals surface area contributed by atoms with Crippen molar-refractivity contribution in [2.45, 2.75) is 0 Å². The molecule has 130 valence electrons. The number of rotatable bonds is 2. The van der Waals surface area contributed by atoms with Gasteiger partial charge in [-0.1, -0.05) is 34.8 Å². The van der Waals surface area contributed by atoms with Crippen molar-refractivity contribution in [3.63, 3.8) is 0 Å². The first-order chi connectivity index (χ1) is 12.5. The fraction of sp³-hybridized carbons (Fsp3) is 0.0556. The van der Waals surface area contributed by atoms with Gasteiger partial charge in [-0.3, -0.25) is 9.79 Å². The standard InChI is InChI=1S/C18H11Cl3N4O/c1-22-8-13-16(11-4-2-9(19)6-14(11)21)24-25-17(13)23-15-7-10(20)3-5-12(15)18(25)26/h2-8,23H,1H3/b22-8-. The summed E-state index contributed by atoms with van der Waals surface area (Å²) in [6.45, 7) is 0. The molecule has 0 atom stereocenters. The van der Waals surface area contributed by atoms with Crippen molar-refractivity contribution in [2.75, 3.05) is 7.05 Å². The third kappa shape index (κ3) is 2.69. The number of aromatic amines is 1. The Morgan fingerprint density at radius 3 is 2.58 bits per heavy atom. The van der Waals surface area contributed by atoms with E-state index < -0.39 is 0 Å². The van der Waals surface area contributed by atoms with E-state index in [-0.39, 0.29) is 5.56 Å². The number of benzene rings is 2. The van der Waals surface area contributed by atoms with Gasteiger partial charge in [0, 0.05) is 28.9 Å². The van der Waals surface area contributed by atoms with Crippen molar-refractivity contribution in [2.24, 2.45) is 4.99 Å². The number of fused-ring (bicyclic) bond motifs is 2. The van der Waals surface area contributed by atoms with Crippen molar-refractivity contribution >= 4 is 57.6 Å². The second kappa shape index (κ2) is 6.43. The molecule has 0 radical (unpaired) electrons. The van der Waals surface area contributed by atoms with E-state index in [0.717, 1.165) is 0 Å². The third-order valence-electron chi connectivity index (χ3n) is 4.02. The third-order valence-corrected chi connectivity index (χ3v) is 4.81. The molecule has 1 N–H and O–H groups in total. The van der Waals surface area contributed by atoms with Crippen LogP contribution in [0.1, 0.15) is 5.56 Å². The van der Waals surface area contributed by atoms with Gasteiger partial charge in [0.1, 0.15) is 11.3 Å². The molecule has 26 heavy (non-hydrogen) atoms. The molecule has 0 fully saturated rings. The van der Waals surface area contributed by atoms with Crippen LogP contribution in [0, 0.1) is 0 Å². The molecule has 0 aliphatic carbocycles. The number of nitrogens with zero attached hydrogens (tertiary/aromatic N) is 3. The summed E-state index contributed by atoms with van der Waals surface area (Å²) in [5.74, 6) is 0. The molecule has 0 bridgehead atoms. The molecule has 0 spiro atoms. The van der Waals surface area contributed by atoms with Gasteiger partial charge in [0.15, 0.2) is 0 Å². The lowest BCUT2D eigenvalue weighted by Gasteiger charge is -2.02. The molecule has 0 unspecified atom stereocenters. The summed E-state index contributed by atoms with van der Waals surface area (Å²) >= 11 is 18.4. The monoisotopic (exact) mass is 404 g/mol. The van der Waals surface area contributed by atoms with Gasteiger partial charge in [0.05, 0.1) is 21.5 Å². The maximum Gasteiger partial charge on any atom is 0.282 e. The molecule has 0 saturated heterocycles. The van der Waals surface area contributed by atoms with E-state index in [4.69, 9.17) is 34.8 Å². The van der Waals surface area contributed by atoms with E-state index in [1.807, 2.05) is 0 Å². The summed E-state index contributed by atoms with van der Waals surface area (Å²) in [5.41, 5.74) is 2.71. The van der Waals surface area contributed by atoms with Crippen LogP contribution < -0.4 is 5.56 Å². The maximum atomic E-state index is 12.9. The van der Waals surface area contributed by atoms with Crippen LogP contribution in [-0.4, -0.2) is 27.9 Å². The summed E-state index contributed by atoms with van der Waals surface area (Å²) in [6, 6.07) is 10.2. The molecule has 2 aromatic carbocycles. The first kappa shape index (κ1) is 17.1. The minimum atomic E-state index is -0.257. The minimum absolute atomic E-state index is 0.257. The zero-order chi connectivity index (χ0) is 18.4. The molecule has 0 aliphatic rings. The highest BCUT2D eigenvalue weighted by Crippen LogP contribution is 2.32. The van der Waals surface area contributed by atoms with Crippen LogP contribution in [0.5, 0.6) is 0 Å². The van der Waals surface area contributed by atoms with E-state index >= 15 is 0 Å². The Balaban J connectivity index is 2.14. The van der Waals surface area contributed by atoms with Crippen molar-refractivity contribution < 1.29 is 0 Å². The van der Waals surface area contributed by atoms with Gasteiger partial charge in [-0.2, -0.15) is 9.61 Å². The highest BCUT2D eigenvalue weighted by atomic mass is 35.5. The Morgan fingerprint density at radius 2 is 1.85 bits per heavy atom. The van der Waals surface area contributed by atoms with Crippen LogP contribution in [0.3, 0.4) is 0 Å². The summed E-state index contributed by atoms with van der Waals surface area (Å²) in [4.78, 5) is 20.2. The molecule has 0 amide bonds. The lowest BCUT2D eigenvalue weighted by molar-refractivity contribution is 0.919.